The van der Waals surface area contributed by atoms with E-state index in [0.717, 1.165) is 75.1 Å². The molecule has 0 amide bonds. The molecule has 0 aromatic carbocycles. The molecule has 3 N–H and O–H groups in total. The van der Waals surface area contributed by atoms with E-state index in [-0.39, 0.29) is 25.3 Å². The van der Waals surface area contributed by atoms with Crippen molar-refractivity contribution >= 4 is 18.0 Å². The quantitative estimate of drug-likeness (QED) is 0.184. The number of aryl methyl sites for hydroxylation is 2. The highest BCUT2D eigenvalue weighted by Gasteiger charge is 2.47. The standard InChI is InChI=1S/C26H37F2N5O2/c27-26(28)15-23(16-26)33(14-4-7-24(34)35-31-18-21(17-29)19-8-9-19)13-2-1-6-22-11-10-20-5-3-12-30-25(20)32-22/h10-11,17-19,23H,1-9,12-16,29H2,(H,30,32)/b21-17+,31-18+. The van der Waals surface area contributed by atoms with Crippen LogP contribution in [0.4, 0.5) is 14.6 Å². The lowest BCUT2D eigenvalue weighted by Crippen LogP contribution is -2.51. The summed E-state index contributed by atoms with van der Waals surface area (Å²) in [4.78, 5) is 23.8. The maximum Gasteiger partial charge on any atom is 0.335 e. The van der Waals surface area contributed by atoms with Gasteiger partial charge in [0, 0.05) is 37.5 Å². The molecule has 35 heavy (non-hydrogen) atoms. The molecule has 0 spiro atoms. The van der Waals surface area contributed by atoms with E-state index in [0.29, 0.717) is 18.9 Å². The van der Waals surface area contributed by atoms with E-state index in [2.05, 4.69) is 27.5 Å². The highest BCUT2D eigenvalue weighted by Crippen LogP contribution is 2.40. The summed E-state index contributed by atoms with van der Waals surface area (Å²) in [6.07, 6.45) is 10.7. The van der Waals surface area contributed by atoms with Crippen molar-refractivity contribution in [3.05, 3.63) is 35.2 Å². The number of alkyl halides is 2. The second kappa shape index (κ2) is 11.9. The average Bonchev–Trinajstić information content (AvgIpc) is 3.67. The monoisotopic (exact) mass is 489 g/mol. The van der Waals surface area contributed by atoms with Gasteiger partial charge in [0.1, 0.15) is 5.82 Å². The fourth-order valence-electron chi connectivity index (χ4n) is 4.81. The smallest absolute Gasteiger partial charge is 0.335 e. The average molecular weight is 490 g/mol. The Morgan fingerprint density at radius 2 is 2.06 bits per heavy atom. The van der Waals surface area contributed by atoms with Gasteiger partial charge < -0.3 is 15.9 Å². The molecule has 2 saturated carbocycles. The molecule has 0 radical (unpaired) electrons. The lowest BCUT2D eigenvalue weighted by Gasteiger charge is -2.42. The van der Waals surface area contributed by atoms with Crippen LogP contribution in [0, 0.1) is 5.92 Å². The third-order valence-corrected chi connectivity index (χ3v) is 7.09. The number of nitrogens with two attached hydrogens (primary N) is 1. The summed E-state index contributed by atoms with van der Waals surface area (Å²) in [7, 11) is 0. The van der Waals surface area contributed by atoms with Gasteiger partial charge in [0.15, 0.2) is 0 Å². The van der Waals surface area contributed by atoms with E-state index >= 15 is 0 Å². The fourth-order valence-corrected chi connectivity index (χ4v) is 4.81. The van der Waals surface area contributed by atoms with E-state index in [4.69, 9.17) is 15.6 Å². The molecular weight excluding hydrogens is 452 g/mol. The summed E-state index contributed by atoms with van der Waals surface area (Å²) in [6.45, 7) is 2.30. The number of hydrogen-bond acceptors (Lipinski definition) is 7. The number of carbonyl (C=O) groups is 1. The molecule has 7 nitrogen and oxygen atoms in total. The Balaban J connectivity index is 1.17. The molecule has 1 aromatic rings. The van der Waals surface area contributed by atoms with E-state index in [9.17, 15) is 13.6 Å². The number of anilines is 1. The number of carbonyl (C=O) groups excluding carboxylic acids is 1. The minimum Gasteiger partial charge on any atom is -0.404 e. The van der Waals surface area contributed by atoms with E-state index in [1.165, 1.54) is 18.0 Å². The number of nitrogens with zero attached hydrogens (tertiary/aromatic N) is 3. The van der Waals surface area contributed by atoms with Gasteiger partial charge in [-0.25, -0.2) is 18.6 Å². The number of allylic oxidation sites excluding steroid dienone is 1. The number of aromatic nitrogens is 1. The van der Waals surface area contributed by atoms with Gasteiger partial charge in [-0.05, 0) is 93.8 Å². The van der Waals surface area contributed by atoms with Crippen molar-refractivity contribution < 1.29 is 18.4 Å². The number of nitrogens with one attached hydrogen (secondary N) is 1. The molecule has 4 rings (SSSR count). The number of unbranched alkanes of at least 4 members (excludes halogenated alkanes) is 1. The molecule has 9 heteroatoms. The predicted octanol–water partition coefficient (Wildman–Crippen LogP) is 4.42. The fraction of sp³-hybridized carbons (Fsp3) is 0.654. The van der Waals surface area contributed by atoms with Crippen LogP contribution < -0.4 is 11.1 Å². The summed E-state index contributed by atoms with van der Waals surface area (Å²) in [5.41, 5.74) is 8.79. The molecule has 0 saturated heterocycles. The zero-order valence-corrected chi connectivity index (χ0v) is 20.4. The van der Waals surface area contributed by atoms with Crippen LogP contribution >= 0.6 is 0 Å². The van der Waals surface area contributed by atoms with E-state index in [1.807, 2.05) is 0 Å². The van der Waals surface area contributed by atoms with Gasteiger partial charge in [-0.15, -0.1) is 0 Å². The predicted molar refractivity (Wildman–Crippen MR) is 132 cm³/mol. The molecule has 0 unspecified atom stereocenters. The highest BCUT2D eigenvalue weighted by molar-refractivity contribution is 5.80. The van der Waals surface area contributed by atoms with Crippen molar-refractivity contribution in [1.29, 1.82) is 0 Å². The molecule has 0 bridgehead atoms. The number of halogens is 2. The van der Waals surface area contributed by atoms with Crippen molar-refractivity contribution in [2.75, 3.05) is 25.0 Å². The highest BCUT2D eigenvalue weighted by atomic mass is 19.3. The van der Waals surface area contributed by atoms with Crippen LogP contribution in [0.5, 0.6) is 0 Å². The molecular formula is C26H37F2N5O2. The van der Waals surface area contributed by atoms with Gasteiger partial charge in [0.2, 0.25) is 0 Å². The van der Waals surface area contributed by atoms with Crippen LogP contribution in [0.1, 0.15) is 69.0 Å². The zero-order chi connectivity index (χ0) is 24.7. The Labute approximate surface area is 206 Å². The normalized spacial score (nSPS) is 19.9. The molecule has 192 valence electrons. The topological polar surface area (TPSA) is 92.8 Å². The van der Waals surface area contributed by atoms with Crippen molar-refractivity contribution in [3.8, 4) is 0 Å². The lowest BCUT2D eigenvalue weighted by atomic mass is 9.86. The molecule has 0 atom stereocenters. The van der Waals surface area contributed by atoms with Crippen molar-refractivity contribution in [2.45, 2.75) is 82.6 Å². The maximum absolute atomic E-state index is 13.5. The van der Waals surface area contributed by atoms with Crippen molar-refractivity contribution in [2.24, 2.45) is 16.8 Å². The summed E-state index contributed by atoms with van der Waals surface area (Å²) in [5, 5.41) is 7.12. The molecule has 3 aliphatic rings. The second-order valence-electron chi connectivity index (χ2n) is 9.99. The van der Waals surface area contributed by atoms with Crippen LogP contribution in [0.15, 0.2) is 29.1 Å². The molecule has 2 heterocycles. The van der Waals surface area contributed by atoms with Gasteiger partial charge in [-0.2, -0.15) is 0 Å². The van der Waals surface area contributed by atoms with Gasteiger partial charge in [-0.1, -0.05) is 11.2 Å². The third kappa shape index (κ3) is 7.72. The molecule has 1 aliphatic heterocycles. The molecule has 1 aromatic heterocycles. The van der Waals surface area contributed by atoms with Gasteiger partial charge >= 0.3 is 5.97 Å². The number of hydrogen-bond donors (Lipinski definition) is 2. The van der Waals surface area contributed by atoms with E-state index in [1.54, 1.807) is 0 Å². The van der Waals surface area contributed by atoms with Crippen molar-refractivity contribution in [3.63, 3.8) is 0 Å². The molecule has 2 aliphatic carbocycles. The molecule has 2 fully saturated rings. The Hall–Kier alpha value is -2.55. The Morgan fingerprint density at radius 3 is 2.80 bits per heavy atom. The Morgan fingerprint density at radius 1 is 1.26 bits per heavy atom. The van der Waals surface area contributed by atoms with Crippen LogP contribution in [0.25, 0.3) is 0 Å². The van der Waals surface area contributed by atoms with Crippen LogP contribution in [-0.2, 0) is 22.5 Å². The summed E-state index contributed by atoms with van der Waals surface area (Å²) in [6, 6.07) is 4.14. The first kappa shape index (κ1) is 25.5. The van der Waals surface area contributed by atoms with Gasteiger partial charge in [0.05, 0.1) is 6.21 Å². The Bertz CT molecular complexity index is 924. The first-order chi connectivity index (χ1) is 16.9. The minimum absolute atomic E-state index is 0.102. The number of oxime groups is 1. The largest absolute Gasteiger partial charge is 0.404 e. The number of rotatable bonds is 13. The summed E-state index contributed by atoms with van der Waals surface area (Å²) in [5.74, 6) is -1.55. The Kier molecular flexibility index (Phi) is 8.70. The first-order valence-corrected chi connectivity index (χ1v) is 12.9. The summed E-state index contributed by atoms with van der Waals surface area (Å²) >= 11 is 0. The van der Waals surface area contributed by atoms with E-state index < -0.39 is 11.9 Å². The lowest BCUT2D eigenvalue weighted by molar-refractivity contribution is -0.144. The first-order valence-electron chi connectivity index (χ1n) is 12.9. The minimum atomic E-state index is -2.56. The van der Waals surface area contributed by atoms with Crippen LogP contribution in [0.2, 0.25) is 0 Å². The van der Waals surface area contributed by atoms with Crippen molar-refractivity contribution in [1.82, 2.24) is 9.88 Å². The SMILES string of the molecule is N/C=C(\C=N\OC(=O)CCCN(CCCCc1ccc2c(n1)NCCC2)C1CC(F)(F)C1)C1CC1. The third-order valence-electron chi connectivity index (χ3n) is 7.09. The van der Waals surface area contributed by atoms with Crippen LogP contribution in [-0.4, -0.2) is 53.7 Å². The van der Waals surface area contributed by atoms with Gasteiger partial charge in [-0.3, -0.25) is 4.90 Å². The van der Waals surface area contributed by atoms with Crippen LogP contribution in [0.3, 0.4) is 0 Å². The maximum atomic E-state index is 13.5. The number of fused-ring (bicyclic) bond motifs is 1. The summed E-state index contributed by atoms with van der Waals surface area (Å²) < 4.78 is 27.0. The zero-order valence-electron chi connectivity index (χ0n) is 20.4. The second-order valence-corrected chi connectivity index (χ2v) is 9.99. The number of pyridine rings is 1. The van der Waals surface area contributed by atoms with Gasteiger partial charge in [0.25, 0.3) is 5.92 Å².